The van der Waals surface area contributed by atoms with Gasteiger partial charge in [0.25, 0.3) is 5.91 Å². The summed E-state index contributed by atoms with van der Waals surface area (Å²) in [6, 6.07) is 2.63. The zero-order valence-electron chi connectivity index (χ0n) is 10.9. The quantitative estimate of drug-likeness (QED) is 0.855. The number of hydrogen-bond acceptors (Lipinski definition) is 4. The number of rotatable bonds is 5. The van der Waals surface area contributed by atoms with Crippen molar-refractivity contribution in [1.82, 2.24) is 9.88 Å². The predicted octanol–water partition coefficient (Wildman–Crippen LogP) is 1.22. The summed E-state index contributed by atoms with van der Waals surface area (Å²) in [5.74, 6) is -0.760. The average molecular weight is 291 g/mol. The number of carbonyl (C=O) groups excluding carboxylic acids is 1. The van der Waals surface area contributed by atoms with Crippen molar-refractivity contribution >= 4 is 11.7 Å². The van der Waals surface area contributed by atoms with Crippen LogP contribution >= 0.6 is 0 Å². The van der Waals surface area contributed by atoms with Gasteiger partial charge in [-0.05, 0) is 18.6 Å². The van der Waals surface area contributed by atoms with Crippen LogP contribution in [0.5, 0.6) is 0 Å². The second-order valence-electron chi connectivity index (χ2n) is 4.19. The monoisotopic (exact) mass is 291 g/mol. The molecule has 0 fully saturated rings. The van der Waals surface area contributed by atoms with Gasteiger partial charge in [-0.2, -0.15) is 13.2 Å². The first-order valence-electron chi connectivity index (χ1n) is 6.00. The number of nitrogens with zero attached hydrogens (tertiary/aromatic N) is 2. The highest BCUT2D eigenvalue weighted by molar-refractivity contribution is 5.95. The van der Waals surface area contributed by atoms with Gasteiger partial charge in [0.05, 0.1) is 6.61 Å². The first-order valence-corrected chi connectivity index (χ1v) is 6.00. The minimum Gasteiger partial charge on any atom is -0.395 e. The van der Waals surface area contributed by atoms with Crippen LogP contribution in [0.4, 0.5) is 19.0 Å². The zero-order valence-corrected chi connectivity index (χ0v) is 10.9. The molecule has 0 aromatic carbocycles. The van der Waals surface area contributed by atoms with Crippen LogP contribution in [0.3, 0.4) is 0 Å². The van der Waals surface area contributed by atoms with Crippen LogP contribution in [-0.4, -0.2) is 46.8 Å². The van der Waals surface area contributed by atoms with Crippen molar-refractivity contribution in [3.8, 4) is 0 Å². The minimum atomic E-state index is -4.53. The maximum absolute atomic E-state index is 12.4. The molecule has 1 aromatic rings. The van der Waals surface area contributed by atoms with E-state index in [0.29, 0.717) is 17.0 Å². The van der Waals surface area contributed by atoms with Gasteiger partial charge in [-0.15, -0.1) is 0 Å². The van der Waals surface area contributed by atoms with Crippen LogP contribution in [0.1, 0.15) is 23.0 Å². The van der Waals surface area contributed by atoms with Gasteiger partial charge in [-0.25, -0.2) is 4.98 Å². The van der Waals surface area contributed by atoms with Gasteiger partial charge in [-0.3, -0.25) is 4.79 Å². The van der Waals surface area contributed by atoms with E-state index < -0.39 is 31.8 Å². The first kappa shape index (κ1) is 16.2. The summed E-state index contributed by atoms with van der Waals surface area (Å²) >= 11 is 0. The van der Waals surface area contributed by atoms with Crippen LogP contribution < -0.4 is 5.73 Å². The third-order valence-corrected chi connectivity index (χ3v) is 2.53. The maximum Gasteiger partial charge on any atom is 0.406 e. The molecule has 0 aliphatic heterocycles. The van der Waals surface area contributed by atoms with Crippen molar-refractivity contribution in [3.05, 3.63) is 23.4 Å². The van der Waals surface area contributed by atoms with E-state index in [0.717, 1.165) is 0 Å². The number of carbonyl (C=O) groups is 1. The zero-order chi connectivity index (χ0) is 15.3. The number of halogens is 3. The van der Waals surface area contributed by atoms with Crippen molar-refractivity contribution in [1.29, 1.82) is 0 Å². The van der Waals surface area contributed by atoms with Gasteiger partial charge in [0.2, 0.25) is 0 Å². The number of aromatic nitrogens is 1. The molecule has 0 saturated carbocycles. The molecule has 0 radical (unpaired) electrons. The summed E-state index contributed by atoms with van der Waals surface area (Å²) < 4.78 is 37.3. The molecule has 0 bridgehead atoms. The van der Waals surface area contributed by atoms with Crippen LogP contribution in [0.15, 0.2) is 12.1 Å². The van der Waals surface area contributed by atoms with E-state index >= 15 is 0 Å². The summed E-state index contributed by atoms with van der Waals surface area (Å²) in [7, 11) is 0. The standard InChI is InChI=1S/C12H16F3N3O2/c1-2-9-5-8(6-10(16)17-9)11(20)18(3-4-19)7-12(13,14)15/h5-6,19H,2-4,7H2,1H3,(H2,16,17). The van der Waals surface area contributed by atoms with E-state index in [1.807, 2.05) is 0 Å². The molecule has 0 unspecified atom stereocenters. The molecule has 1 amide bonds. The van der Waals surface area contributed by atoms with Crippen LogP contribution in [0.25, 0.3) is 0 Å². The van der Waals surface area contributed by atoms with Gasteiger partial charge < -0.3 is 15.7 Å². The number of amides is 1. The largest absolute Gasteiger partial charge is 0.406 e. The van der Waals surface area contributed by atoms with E-state index in [-0.39, 0.29) is 11.4 Å². The lowest BCUT2D eigenvalue weighted by atomic mass is 10.1. The highest BCUT2D eigenvalue weighted by atomic mass is 19.4. The molecule has 0 spiro atoms. The molecule has 20 heavy (non-hydrogen) atoms. The normalized spacial score (nSPS) is 11.4. The second-order valence-corrected chi connectivity index (χ2v) is 4.19. The molecule has 0 saturated heterocycles. The maximum atomic E-state index is 12.4. The number of alkyl halides is 3. The highest BCUT2D eigenvalue weighted by Gasteiger charge is 2.33. The van der Waals surface area contributed by atoms with Gasteiger partial charge in [0, 0.05) is 17.8 Å². The third kappa shape index (κ3) is 4.69. The van der Waals surface area contributed by atoms with Crippen molar-refractivity contribution in [3.63, 3.8) is 0 Å². The van der Waals surface area contributed by atoms with Crippen molar-refractivity contribution < 1.29 is 23.1 Å². The van der Waals surface area contributed by atoms with Gasteiger partial charge >= 0.3 is 6.18 Å². The Labute approximate surface area is 114 Å². The fourth-order valence-electron chi connectivity index (χ4n) is 1.69. The minimum absolute atomic E-state index is 0.0343. The molecular weight excluding hydrogens is 275 g/mol. The third-order valence-electron chi connectivity index (χ3n) is 2.53. The molecule has 5 nitrogen and oxygen atoms in total. The predicted molar refractivity (Wildman–Crippen MR) is 67.1 cm³/mol. The number of anilines is 1. The van der Waals surface area contributed by atoms with E-state index in [9.17, 15) is 18.0 Å². The smallest absolute Gasteiger partial charge is 0.395 e. The Morgan fingerprint density at radius 3 is 2.60 bits per heavy atom. The Morgan fingerprint density at radius 2 is 2.10 bits per heavy atom. The molecule has 3 N–H and O–H groups in total. The van der Waals surface area contributed by atoms with Gasteiger partial charge in [0.15, 0.2) is 0 Å². The summed E-state index contributed by atoms with van der Waals surface area (Å²) in [5, 5.41) is 8.79. The van der Waals surface area contributed by atoms with Gasteiger partial charge in [-0.1, -0.05) is 6.92 Å². The molecule has 8 heteroatoms. The lowest BCUT2D eigenvalue weighted by Gasteiger charge is -2.23. The number of hydrogen-bond donors (Lipinski definition) is 2. The molecule has 112 valence electrons. The van der Waals surface area contributed by atoms with Crippen LogP contribution in [-0.2, 0) is 6.42 Å². The fourth-order valence-corrected chi connectivity index (χ4v) is 1.69. The second kappa shape index (κ2) is 6.56. The molecule has 1 heterocycles. The van der Waals surface area contributed by atoms with Gasteiger partial charge in [0.1, 0.15) is 12.4 Å². The number of aryl methyl sites for hydroxylation is 1. The molecule has 0 atom stereocenters. The van der Waals surface area contributed by atoms with Crippen molar-refractivity contribution in [2.24, 2.45) is 0 Å². The van der Waals surface area contributed by atoms with Crippen molar-refractivity contribution in [2.45, 2.75) is 19.5 Å². The summed E-state index contributed by atoms with van der Waals surface area (Å²) in [6.45, 7) is -0.585. The Kier molecular flexibility index (Phi) is 5.32. The average Bonchev–Trinajstić information content (AvgIpc) is 2.35. The highest BCUT2D eigenvalue weighted by Crippen LogP contribution is 2.19. The molecular formula is C12H16F3N3O2. The lowest BCUT2D eigenvalue weighted by Crippen LogP contribution is -2.40. The fraction of sp³-hybridized carbons (Fsp3) is 0.500. The number of nitrogen functional groups attached to an aromatic ring is 1. The summed E-state index contributed by atoms with van der Waals surface area (Å²) in [6.07, 6.45) is -4.03. The van der Waals surface area contributed by atoms with Crippen LogP contribution in [0.2, 0.25) is 0 Å². The lowest BCUT2D eigenvalue weighted by molar-refractivity contribution is -0.141. The van der Waals surface area contributed by atoms with E-state index in [2.05, 4.69) is 4.98 Å². The number of nitrogens with two attached hydrogens (primary N) is 1. The van der Waals surface area contributed by atoms with Crippen LogP contribution in [0, 0.1) is 0 Å². The van der Waals surface area contributed by atoms with E-state index in [1.165, 1.54) is 12.1 Å². The Bertz CT molecular complexity index is 478. The summed E-state index contributed by atoms with van der Waals surface area (Å²) in [4.78, 5) is 16.6. The van der Waals surface area contributed by atoms with Crippen molar-refractivity contribution in [2.75, 3.05) is 25.4 Å². The molecule has 1 rings (SSSR count). The molecule has 0 aliphatic rings. The number of aliphatic hydroxyl groups excluding tert-OH is 1. The SMILES string of the molecule is CCc1cc(C(=O)N(CCO)CC(F)(F)F)cc(N)n1. The number of aliphatic hydroxyl groups is 1. The molecule has 0 aliphatic carbocycles. The topological polar surface area (TPSA) is 79.5 Å². The summed E-state index contributed by atoms with van der Waals surface area (Å²) in [5.41, 5.74) is 6.07. The van der Waals surface area contributed by atoms with E-state index in [1.54, 1.807) is 6.92 Å². The Morgan fingerprint density at radius 1 is 1.45 bits per heavy atom. The first-order chi connectivity index (χ1) is 9.26. The number of pyridine rings is 1. The van der Waals surface area contributed by atoms with E-state index in [4.69, 9.17) is 10.8 Å². The molecule has 1 aromatic heterocycles. The Hall–Kier alpha value is -1.83. The Balaban J connectivity index is 3.02.